The molecule has 2 fully saturated rings. The molecule has 1 saturated heterocycles. The van der Waals surface area contributed by atoms with Crippen molar-refractivity contribution in [2.24, 2.45) is 11.8 Å². The number of hydrogen-bond donors (Lipinski definition) is 0. The predicted molar refractivity (Wildman–Crippen MR) is 179 cm³/mol. The molecule has 7 heteroatoms. The standard InChI is InChI=1S/C35H49ClN4OS/c1-5-39(6-2)32(25-27-12-14-28(15-13-27)33(38(3)4)29-16-18-30(36)19-17-29)34-37-31(24-26-10-8-7-9-11-26)35(41-34)40-20-22-42-23-21-40/h7-11,16-19,27-28,32-33H,5-6,12-15,20-25H2,1-4H3. The van der Waals surface area contributed by atoms with Gasteiger partial charge in [-0.25, -0.2) is 4.98 Å². The first-order chi connectivity index (χ1) is 20.5. The van der Waals surface area contributed by atoms with E-state index >= 15 is 0 Å². The maximum atomic E-state index is 6.82. The molecule has 42 heavy (non-hydrogen) atoms. The Kier molecular flexibility index (Phi) is 11.3. The summed E-state index contributed by atoms with van der Waals surface area (Å²) in [6, 6.07) is 19.9. The molecule has 2 aliphatic rings. The summed E-state index contributed by atoms with van der Waals surface area (Å²) in [5.41, 5.74) is 3.77. The van der Waals surface area contributed by atoms with Gasteiger partial charge in [0, 0.05) is 42.1 Å². The van der Waals surface area contributed by atoms with Crippen LogP contribution in [0, 0.1) is 11.8 Å². The first-order valence-electron chi connectivity index (χ1n) is 16.0. The molecule has 3 aromatic rings. The molecule has 0 radical (unpaired) electrons. The Morgan fingerprint density at radius 1 is 0.952 bits per heavy atom. The fourth-order valence-electron chi connectivity index (χ4n) is 7.20. The zero-order valence-corrected chi connectivity index (χ0v) is 27.5. The Hall–Kier alpha value is -1.99. The van der Waals surface area contributed by atoms with E-state index in [1.54, 1.807) is 0 Å². The van der Waals surface area contributed by atoms with Crippen molar-refractivity contribution in [1.29, 1.82) is 0 Å². The van der Waals surface area contributed by atoms with Crippen LogP contribution in [0.3, 0.4) is 0 Å². The van der Waals surface area contributed by atoms with E-state index in [1.807, 2.05) is 23.9 Å². The molecule has 0 N–H and O–H groups in total. The van der Waals surface area contributed by atoms with Crippen molar-refractivity contribution in [2.45, 2.75) is 64.5 Å². The smallest absolute Gasteiger partial charge is 0.220 e. The molecule has 2 heterocycles. The van der Waals surface area contributed by atoms with E-state index in [9.17, 15) is 0 Å². The Balaban J connectivity index is 1.34. The normalized spacial score (nSPS) is 21.2. The zero-order valence-electron chi connectivity index (χ0n) is 26.0. The van der Waals surface area contributed by atoms with Gasteiger partial charge >= 0.3 is 0 Å². The first kappa shape index (κ1) is 31.4. The van der Waals surface area contributed by atoms with Crippen molar-refractivity contribution in [3.8, 4) is 0 Å². The molecule has 0 amide bonds. The summed E-state index contributed by atoms with van der Waals surface area (Å²) in [6.07, 6.45) is 6.95. The second-order valence-corrected chi connectivity index (χ2v) is 13.9. The van der Waals surface area contributed by atoms with Crippen LogP contribution in [0.2, 0.25) is 5.02 Å². The number of thioether (sulfide) groups is 1. The van der Waals surface area contributed by atoms with Gasteiger partial charge in [0.1, 0.15) is 5.69 Å². The molecule has 5 rings (SSSR count). The fourth-order valence-corrected chi connectivity index (χ4v) is 8.23. The van der Waals surface area contributed by atoms with Crippen LogP contribution in [0.25, 0.3) is 0 Å². The van der Waals surface area contributed by atoms with Crippen molar-refractivity contribution in [2.75, 3.05) is 56.7 Å². The van der Waals surface area contributed by atoms with Gasteiger partial charge in [0.25, 0.3) is 0 Å². The van der Waals surface area contributed by atoms with E-state index < -0.39 is 0 Å². The number of benzene rings is 2. The van der Waals surface area contributed by atoms with E-state index in [1.165, 1.54) is 36.8 Å². The number of aromatic nitrogens is 1. The number of oxazole rings is 1. The lowest BCUT2D eigenvalue weighted by Crippen LogP contribution is -2.33. The predicted octanol–water partition coefficient (Wildman–Crippen LogP) is 8.35. The highest BCUT2D eigenvalue weighted by atomic mass is 35.5. The lowest BCUT2D eigenvalue weighted by atomic mass is 9.74. The summed E-state index contributed by atoms with van der Waals surface area (Å²) in [6.45, 7) is 8.61. The van der Waals surface area contributed by atoms with Crippen molar-refractivity contribution in [3.05, 3.63) is 82.3 Å². The highest BCUT2D eigenvalue weighted by Gasteiger charge is 2.34. The largest absolute Gasteiger partial charge is 0.423 e. The van der Waals surface area contributed by atoms with Crippen molar-refractivity contribution < 1.29 is 4.42 Å². The number of halogens is 1. The summed E-state index contributed by atoms with van der Waals surface area (Å²) < 4.78 is 6.82. The molecule has 1 aliphatic carbocycles. The van der Waals surface area contributed by atoms with Gasteiger partial charge in [0.05, 0.1) is 6.04 Å². The topological polar surface area (TPSA) is 35.8 Å². The van der Waals surface area contributed by atoms with Crippen molar-refractivity contribution >= 4 is 29.2 Å². The average Bonchev–Trinajstić information content (AvgIpc) is 3.43. The number of nitrogens with zero attached hydrogens (tertiary/aromatic N) is 4. The zero-order chi connectivity index (χ0) is 29.5. The van der Waals surface area contributed by atoms with E-state index in [4.69, 9.17) is 21.0 Å². The molecule has 1 aromatic heterocycles. The maximum Gasteiger partial charge on any atom is 0.220 e. The molecule has 2 unspecified atom stereocenters. The number of anilines is 1. The van der Waals surface area contributed by atoms with Crippen LogP contribution in [0.4, 0.5) is 5.88 Å². The minimum atomic E-state index is 0.213. The Labute approximate surface area is 263 Å². The Morgan fingerprint density at radius 3 is 2.24 bits per heavy atom. The van der Waals surface area contributed by atoms with Gasteiger partial charge < -0.3 is 14.2 Å². The minimum absolute atomic E-state index is 0.213. The maximum absolute atomic E-state index is 6.82. The van der Waals surface area contributed by atoms with E-state index in [2.05, 4.69) is 85.1 Å². The van der Waals surface area contributed by atoms with Gasteiger partial charge in [-0.1, -0.05) is 80.8 Å². The molecular formula is C35H49ClN4OS. The van der Waals surface area contributed by atoms with Crippen molar-refractivity contribution in [1.82, 2.24) is 14.8 Å². The van der Waals surface area contributed by atoms with Crippen LogP contribution in [0.1, 0.15) is 80.7 Å². The monoisotopic (exact) mass is 608 g/mol. The van der Waals surface area contributed by atoms with Gasteiger partial charge in [-0.15, -0.1) is 0 Å². The fraction of sp³-hybridized carbons (Fsp3) is 0.571. The van der Waals surface area contributed by atoms with Gasteiger partial charge in [-0.3, -0.25) is 4.90 Å². The van der Waals surface area contributed by atoms with Crippen LogP contribution in [0.15, 0.2) is 59.0 Å². The third-order valence-corrected chi connectivity index (χ3v) is 10.6. The summed E-state index contributed by atoms with van der Waals surface area (Å²) in [5, 5.41) is 0.809. The second kappa shape index (κ2) is 15.1. The highest BCUT2D eigenvalue weighted by Crippen LogP contribution is 2.43. The summed E-state index contributed by atoms with van der Waals surface area (Å²) in [7, 11) is 4.44. The third kappa shape index (κ3) is 7.74. The van der Waals surface area contributed by atoms with Crippen LogP contribution in [0.5, 0.6) is 0 Å². The molecule has 1 aliphatic heterocycles. The molecule has 0 bridgehead atoms. The lowest BCUT2D eigenvalue weighted by Gasteiger charge is -2.39. The molecule has 0 spiro atoms. The Bertz CT molecular complexity index is 1220. The summed E-state index contributed by atoms with van der Waals surface area (Å²) in [4.78, 5) is 12.7. The molecule has 1 saturated carbocycles. The second-order valence-electron chi connectivity index (χ2n) is 12.3. The number of rotatable bonds is 12. The van der Waals surface area contributed by atoms with Gasteiger partial charge in [-0.05, 0) is 81.5 Å². The molecule has 2 atom stereocenters. The molecule has 2 aromatic carbocycles. The molecular weight excluding hydrogens is 560 g/mol. The van der Waals surface area contributed by atoms with E-state index in [-0.39, 0.29) is 6.04 Å². The average molecular weight is 609 g/mol. The van der Waals surface area contributed by atoms with Gasteiger partial charge in [0.15, 0.2) is 0 Å². The molecule has 228 valence electrons. The highest BCUT2D eigenvalue weighted by molar-refractivity contribution is 7.99. The minimum Gasteiger partial charge on any atom is -0.423 e. The van der Waals surface area contributed by atoms with Crippen molar-refractivity contribution in [3.63, 3.8) is 0 Å². The van der Waals surface area contributed by atoms with Crippen LogP contribution in [-0.2, 0) is 6.42 Å². The lowest BCUT2D eigenvalue weighted by molar-refractivity contribution is 0.112. The van der Waals surface area contributed by atoms with Gasteiger partial charge in [-0.2, -0.15) is 11.8 Å². The molecule has 5 nitrogen and oxygen atoms in total. The Morgan fingerprint density at radius 2 is 1.62 bits per heavy atom. The number of hydrogen-bond acceptors (Lipinski definition) is 6. The summed E-state index contributed by atoms with van der Waals surface area (Å²) >= 11 is 8.24. The summed E-state index contributed by atoms with van der Waals surface area (Å²) in [5.74, 6) is 5.56. The van der Waals surface area contributed by atoms with Crippen LogP contribution >= 0.6 is 23.4 Å². The van der Waals surface area contributed by atoms with E-state index in [0.717, 1.165) is 73.0 Å². The third-order valence-electron chi connectivity index (χ3n) is 9.41. The van der Waals surface area contributed by atoms with Crippen LogP contribution in [-0.4, -0.2) is 66.6 Å². The van der Waals surface area contributed by atoms with Crippen LogP contribution < -0.4 is 4.90 Å². The van der Waals surface area contributed by atoms with Gasteiger partial charge in [0.2, 0.25) is 11.8 Å². The SMILES string of the molecule is CCN(CC)C(CC1CCC(C(c2ccc(Cl)cc2)N(C)C)CC1)c1nc(Cc2ccccc2)c(N2CCSCC2)o1. The first-order valence-corrected chi connectivity index (χ1v) is 17.5. The van der Waals surface area contributed by atoms with E-state index in [0.29, 0.717) is 17.9 Å². The quantitative estimate of drug-likeness (QED) is 0.206.